The predicted octanol–water partition coefficient (Wildman–Crippen LogP) is 6.03. The van der Waals surface area contributed by atoms with Crippen molar-refractivity contribution < 1.29 is 5.21 Å². The molecule has 3 rings (SSSR count). The van der Waals surface area contributed by atoms with Crippen LogP contribution in [0.25, 0.3) is 0 Å². The summed E-state index contributed by atoms with van der Waals surface area (Å²) in [5.74, 6) is 0. The van der Waals surface area contributed by atoms with Crippen molar-refractivity contribution in [1.82, 2.24) is 0 Å². The number of hydrogen-bond donors (Lipinski definition) is 2. The Hall–Kier alpha value is -2.01. The Morgan fingerprint density at radius 2 is 1.74 bits per heavy atom. The maximum atomic E-state index is 9.37. The Morgan fingerprint density at radius 3 is 2.35 bits per heavy atom. The van der Waals surface area contributed by atoms with Gasteiger partial charge >= 0.3 is 0 Å². The molecular weight excluding hydrogens is 351 g/mol. The molecule has 116 valence electrons. The number of benzene rings is 2. The first-order valence-electron chi connectivity index (χ1n) is 6.76. The van der Waals surface area contributed by atoms with Gasteiger partial charge in [0, 0.05) is 16.9 Å². The molecule has 2 N–H and O–H groups in total. The molecule has 0 saturated heterocycles. The average Bonchev–Trinajstić information content (AvgIpc) is 2.97. The molecule has 6 heteroatoms. The fraction of sp³-hybridized carbons (Fsp3) is 0. The van der Waals surface area contributed by atoms with E-state index in [1.54, 1.807) is 18.2 Å². The monoisotopic (exact) mass is 362 g/mol. The van der Waals surface area contributed by atoms with Crippen molar-refractivity contribution in [3.63, 3.8) is 0 Å². The minimum Gasteiger partial charge on any atom is -0.410 e. The topological polar surface area (TPSA) is 44.6 Å². The van der Waals surface area contributed by atoms with E-state index in [-0.39, 0.29) is 0 Å². The number of hydrogen-bond acceptors (Lipinski definition) is 4. The normalized spacial score (nSPS) is 11.5. The molecule has 0 spiro atoms. The third kappa shape index (κ3) is 3.50. The zero-order valence-corrected chi connectivity index (χ0v) is 14.2. The van der Waals surface area contributed by atoms with Crippen LogP contribution in [0.2, 0.25) is 10.0 Å². The van der Waals surface area contributed by atoms with Crippen molar-refractivity contribution in [3.05, 3.63) is 80.5 Å². The van der Waals surface area contributed by atoms with Gasteiger partial charge in [0.2, 0.25) is 0 Å². The van der Waals surface area contributed by atoms with Gasteiger partial charge in [-0.05, 0) is 41.8 Å². The number of nitrogens with one attached hydrogen (secondary N) is 1. The molecule has 0 amide bonds. The van der Waals surface area contributed by atoms with Crippen LogP contribution in [0, 0.1) is 0 Å². The van der Waals surface area contributed by atoms with Gasteiger partial charge in [0.05, 0.1) is 14.9 Å². The smallest absolute Gasteiger partial charge is 0.130 e. The van der Waals surface area contributed by atoms with Crippen LogP contribution in [0.15, 0.2) is 65.1 Å². The van der Waals surface area contributed by atoms with Crippen molar-refractivity contribution in [2.45, 2.75) is 0 Å². The zero-order chi connectivity index (χ0) is 16.2. The van der Waals surface area contributed by atoms with Gasteiger partial charge in [-0.25, -0.2) is 0 Å². The molecule has 1 heterocycles. The van der Waals surface area contributed by atoms with Gasteiger partial charge in [-0.15, -0.1) is 11.3 Å². The van der Waals surface area contributed by atoms with E-state index < -0.39 is 0 Å². The molecule has 3 aromatic rings. The highest BCUT2D eigenvalue weighted by atomic mass is 35.5. The first kappa shape index (κ1) is 15.9. The molecule has 0 atom stereocenters. The highest BCUT2D eigenvalue weighted by molar-refractivity contribution is 7.13. The lowest BCUT2D eigenvalue weighted by Gasteiger charge is -2.10. The quantitative estimate of drug-likeness (QED) is 0.338. The van der Waals surface area contributed by atoms with Crippen molar-refractivity contribution in [1.29, 1.82) is 0 Å². The van der Waals surface area contributed by atoms with Crippen LogP contribution in [0.5, 0.6) is 0 Å². The van der Waals surface area contributed by atoms with E-state index in [0.717, 1.165) is 11.4 Å². The maximum Gasteiger partial charge on any atom is 0.130 e. The van der Waals surface area contributed by atoms with Crippen molar-refractivity contribution in [2.75, 3.05) is 5.32 Å². The Balaban J connectivity index is 1.92. The number of nitrogens with zero attached hydrogens (tertiary/aromatic N) is 1. The fourth-order valence-corrected chi connectivity index (χ4v) is 3.57. The van der Waals surface area contributed by atoms with Crippen LogP contribution in [0.1, 0.15) is 10.4 Å². The largest absolute Gasteiger partial charge is 0.410 e. The second-order valence-corrected chi connectivity index (χ2v) is 6.46. The van der Waals surface area contributed by atoms with E-state index in [4.69, 9.17) is 23.2 Å². The lowest BCUT2D eigenvalue weighted by atomic mass is 10.1. The highest BCUT2D eigenvalue weighted by Gasteiger charge is 2.16. The summed E-state index contributed by atoms with van der Waals surface area (Å²) in [7, 11) is 0. The number of oxime groups is 1. The molecule has 0 aliphatic rings. The summed E-state index contributed by atoms with van der Waals surface area (Å²) in [6.07, 6.45) is 0. The fourth-order valence-electron chi connectivity index (χ4n) is 2.16. The van der Waals surface area contributed by atoms with Crippen LogP contribution < -0.4 is 5.32 Å². The summed E-state index contributed by atoms with van der Waals surface area (Å²) < 4.78 is 0. The van der Waals surface area contributed by atoms with E-state index in [2.05, 4.69) is 10.5 Å². The summed E-state index contributed by atoms with van der Waals surface area (Å²) in [6, 6.07) is 17.0. The van der Waals surface area contributed by atoms with Crippen molar-refractivity contribution in [3.8, 4) is 0 Å². The SMILES string of the molecule is ON=C(c1ccc(Nc2ccccc2)cc1Cl)c1sccc1Cl. The first-order valence-corrected chi connectivity index (χ1v) is 8.40. The van der Waals surface area contributed by atoms with E-state index in [1.165, 1.54) is 11.3 Å². The van der Waals surface area contributed by atoms with Gasteiger partial charge in [-0.1, -0.05) is 46.6 Å². The maximum absolute atomic E-state index is 9.37. The van der Waals surface area contributed by atoms with Gasteiger partial charge in [-0.2, -0.15) is 0 Å². The number of para-hydroxylation sites is 1. The van der Waals surface area contributed by atoms with E-state index in [0.29, 0.717) is 26.2 Å². The summed E-state index contributed by atoms with van der Waals surface area (Å²) in [6.45, 7) is 0. The van der Waals surface area contributed by atoms with Gasteiger partial charge in [0.25, 0.3) is 0 Å². The first-order chi connectivity index (χ1) is 11.2. The molecule has 0 saturated carbocycles. The highest BCUT2D eigenvalue weighted by Crippen LogP contribution is 2.30. The molecule has 1 aromatic heterocycles. The van der Waals surface area contributed by atoms with Crippen LogP contribution in [0.4, 0.5) is 11.4 Å². The predicted molar refractivity (Wildman–Crippen MR) is 97.9 cm³/mol. The minimum atomic E-state index is 0.362. The van der Waals surface area contributed by atoms with Crippen LogP contribution in [0.3, 0.4) is 0 Å². The van der Waals surface area contributed by atoms with Crippen molar-refractivity contribution in [2.24, 2.45) is 5.16 Å². The third-order valence-corrected chi connectivity index (χ3v) is 4.88. The van der Waals surface area contributed by atoms with E-state index in [9.17, 15) is 5.21 Å². The summed E-state index contributed by atoms with van der Waals surface area (Å²) in [5, 5.41) is 18.8. The van der Waals surface area contributed by atoms with Crippen molar-refractivity contribution >= 4 is 51.6 Å². The third-order valence-electron chi connectivity index (χ3n) is 3.22. The lowest BCUT2D eigenvalue weighted by Crippen LogP contribution is -2.03. The lowest BCUT2D eigenvalue weighted by molar-refractivity contribution is 0.320. The van der Waals surface area contributed by atoms with Gasteiger partial charge in [0.15, 0.2) is 0 Å². The van der Waals surface area contributed by atoms with Gasteiger partial charge in [0.1, 0.15) is 5.71 Å². The van der Waals surface area contributed by atoms with Gasteiger partial charge in [-0.3, -0.25) is 0 Å². The van der Waals surface area contributed by atoms with Crippen LogP contribution in [-0.2, 0) is 0 Å². The molecule has 0 aliphatic carbocycles. The molecule has 3 nitrogen and oxygen atoms in total. The molecule has 0 radical (unpaired) electrons. The molecule has 0 fully saturated rings. The van der Waals surface area contributed by atoms with Gasteiger partial charge < -0.3 is 10.5 Å². The Labute approximate surface area is 147 Å². The second kappa shape index (κ2) is 7.04. The molecular formula is C17H12Cl2N2OS. The molecule has 0 aliphatic heterocycles. The number of thiophene rings is 1. The number of anilines is 2. The average molecular weight is 363 g/mol. The zero-order valence-electron chi connectivity index (χ0n) is 11.8. The molecule has 23 heavy (non-hydrogen) atoms. The number of rotatable bonds is 4. The van der Waals surface area contributed by atoms with Crippen LogP contribution in [-0.4, -0.2) is 10.9 Å². The summed E-state index contributed by atoms with van der Waals surface area (Å²) in [4.78, 5) is 0.680. The van der Waals surface area contributed by atoms with E-state index >= 15 is 0 Å². The second-order valence-electron chi connectivity index (χ2n) is 4.73. The Kier molecular flexibility index (Phi) is 4.86. The molecule has 0 bridgehead atoms. The Morgan fingerprint density at radius 1 is 0.957 bits per heavy atom. The Bertz CT molecular complexity index is 847. The molecule has 0 unspecified atom stereocenters. The minimum absolute atomic E-state index is 0.362. The summed E-state index contributed by atoms with van der Waals surface area (Å²) >= 11 is 13.9. The van der Waals surface area contributed by atoms with Crippen LogP contribution >= 0.6 is 34.5 Å². The number of halogens is 2. The van der Waals surface area contributed by atoms with E-state index in [1.807, 2.05) is 41.8 Å². The standard InChI is InChI=1S/C17H12Cl2N2OS/c18-14-8-9-23-17(14)16(21-22)13-7-6-12(10-15(13)19)20-11-4-2-1-3-5-11/h1-10,20,22H. The molecule has 2 aromatic carbocycles. The summed E-state index contributed by atoms with van der Waals surface area (Å²) in [5.41, 5.74) is 2.80.